The highest BCUT2D eigenvalue weighted by Crippen LogP contribution is 2.24. The molecule has 1 atom stereocenters. The van der Waals surface area contributed by atoms with Crippen LogP contribution in [0.25, 0.3) is 0 Å². The molecule has 0 spiro atoms. The Hall–Kier alpha value is -1.03. The van der Waals surface area contributed by atoms with Crippen LogP contribution in [0.3, 0.4) is 0 Å². The average molecular weight is 213 g/mol. The molecular weight excluding hydrogens is 198 g/mol. The molecule has 4 heteroatoms. The summed E-state index contributed by atoms with van der Waals surface area (Å²) in [6, 6.07) is 5.15. The van der Waals surface area contributed by atoms with E-state index in [1.54, 1.807) is 19.1 Å². The molecule has 1 unspecified atom stereocenters. The molecule has 0 fully saturated rings. The van der Waals surface area contributed by atoms with Crippen LogP contribution in [-0.4, -0.2) is 15.1 Å². The van der Waals surface area contributed by atoms with E-state index in [0.29, 0.717) is 5.75 Å². The van der Waals surface area contributed by atoms with Crippen molar-refractivity contribution in [3.05, 3.63) is 23.8 Å². The van der Waals surface area contributed by atoms with Gasteiger partial charge in [0, 0.05) is 11.3 Å². The number of anilines is 1. The fourth-order valence-electron chi connectivity index (χ4n) is 1.09. The maximum absolute atomic E-state index is 11.4. The van der Waals surface area contributed by atoms with Crippen molar-refractivity contribution in [1.29, 1.82) is 0 Å². The van der Waals surface area contributed by atoms with Crippen LogP contribution in [0.15, 0.2) is 18.2 Å². The lowest BCUT2D eigenvalue weighted by Crippen LogP contribution is -2.08. The van der Waals surface area contributed by atoms with Gasteiger partial charge < -0.3 is 9.83 Å². The van der Waals surface area contributed by atoms with Crippen molar-refractivity contribution in [2.75, 3.05) is 10.5 Å². The zero-order valence-corrected chi connectivity index (χ0v) is 9.23. The van der Waals surface area contributed by atoms with Gasteiger partial charge in [0.15, 0.2) is 0 Å². The first kappa shape index (κ1) is 11.0. The van der Waals surface area contributed by atoms with E-state index in [9.17, 15) is 9.32 Å². The predicted molar refractivity (Wildman–Crippen MR) is 59.8 cm³/mol. The van der Waals surface area contributed by atoms with Crippen LogP contribution < -0.4 is 4.72 Å². The lowest BCUT2D eigenvalue weighted by Gasteiger charge is -2.09. The largest absolute Gasteiger partial charge is 0.508 e. The van der Waals surface area contributed by atoms with E-state index >= 15 is 0 Å². The highest BCUT2D eigenvalue weighted by atomic mass is 32.2. The van der Waals surface area contributed by atoms with Crippen LogP contribution in [0, 0.1) is 6.92 Å². The predicted octanol–water partition coefficient (Wildman–Crippen LogP) is 2.19. The Morgan fingerprint density at radius 2 is 2.21 bits per heavy atom. The van der Waals surface area contributed by atoms with E-state index in [-0.39, 0.29) is 5.75 Å². The summed E-state index contributed by atoms with van der Waals surface area (Å²) >= 11 is 0. The second-order valence-electron chi connectivity index (χ2n) is 3.10. The van der Waals surface area contributed by atoms with Crippen LogP contribution in [0.5, 0.6) is 5.75 Å². The zero-order chi connectivity index (χ0) is 10.6. The molecule has 0 aromatic heterocycles. The van der Waals surface area contributed by atoms with E-state index in [4.69, 9.17) is 0 Å². The summed E-state index contributed by atoms with van der Waals surface area (Å²) in [5, 5.41) is 9.40. The summed E-state index contributed by atoms with van der Waals surface area (Å²) in [7, 11) is -1.05. The number of nitrogens with one attached hydrogen (secondary N) is 1. The van der Waals surface area contributed by atoms with E-state index in [1.807, 2.05) is 13.0 Å². The van der Waals surface area contributed by atoms with Crippen molar-refractivity contribution >= 4 is 16.7 Å². The van der Waals surface area contributed by atoms with E-state index < -0.39 is 11.0 Å². The highest BCUT2D eigenvalue weighted by molar-refractivity contribution is 7.86. The van der Waals surface area contributed by atoms with Crippen LogP contribution in [0.2, 0.25) is 0 Å². The fraction of sp³-hybridized carbons (Fsp3) is 0.400. The lowest BCUT2D eigenvalue weighted by molar-refractivity contribution is 0.471. The lowest BCUT2D eigenvalue weighted by atomic mass is 10.2. The monoisotopic (exact) mass is 213 g/mol. The summed E-state index contributed by atoms with van der Waals surface area (Å²) in [4.78, 5) is 0. The SMILES string of the molecule is CCCS(=O)Nc1cccc(O)c1C. The third kappa shape index (κ3) is 2.73. The molecule has 0 saturated carbocycles. The van der Waals surface area contributed by atoms with Crippen LogP contribution in [0.4, 0.5) is 5.69 Å². The van der Waals surface area contributed by atoms with E-state index in [0.717, 1.165) is 17.7 Å². The van der Waals surface area contributed by atoms with Gasteiger partial charge in [0.2, 0.25) is 0 Å². The zero-order valence-electron chi connectivity index (χ0n) is 8.41. The number of rotatable bonds is 4. The normalized spacial score (nSPS) is 12.4. The summed E-state index contributed by atoms with van der Waals surface area (Å²) in [5.41, 5.74) is 1.47. The van der Waals surface area contributed by atoms with Gasteiger partial charge in [0.1, 0.15) is 16.7 Å². The standard InChI is InChI=1S/C10H15NO2S/c1-3-7-14(13)11-9-5-4-6-10(12)8(9)2/h4-6,11-12H,3,7H2,1-2H3. The average Bonchev–Trinajstić information content (AvgIpc) is 2.13. The second-order valence-corrected chi connectivity index (χ2v) is 4.40. The minimum atomic E-state index is -1.05. The van der Waals surface area contributed by atoms with Crippen molar-refractivity contribution in [3.8, 4) is 5.75 Å². The Balaban J connectivity index is 2.76. The molecule has 0 amide bonds. The van der Waals surface area contributed by atoms with Gasteiger partial charge in [-0.05, 0) is 25.5 Å². The van der Waals surface area contributed by atoms with Crippen molar-refractivity contribution in [1.82, 2.24) is 0 Å². The van der Waals surface area contributed by atoms with Crippen molar-refractivity contribution in [2.24, 2.45) is 0 Å². The molecular formula is C10H15NO2S. The molecule has 1 aromatic rings. The number of hydrogen-bond donors (Lipinski definition) is 2. The van der Waals surface area contributed by atoms with E-state index in [1.165, 1.54) is 0 Å². The topological polar surface area (TPSA) is 49.3 Å². The van der Waals surface area contributed by atoms with Gasteiger partial charge in [-0.3, -0.25) is 0 Å². The molecule has 1 rings (SSSR count). The van der Waals surface area contributed by atoms with Gasteiger partial charge in [-0.1, -0.05) is 13.0 Å². The number of benzene rings is 1. The quantitative estimate of drug-likeness (QED) is 0.805. The molecule has 2 N–H and O–H groups in total. The Morgan fingerprint density at radius 1 is 1.50 bits per heavy atom. The molecule has 0 aliphatic carbocycles. The van der Waals surface area contributed by atoms with Crippen LogP contribution in [0.1, 0.15) is 18.9 Å². The maximum Gasteiger partial charge on any atom is 0.120 e. The van der Waals surface area contributed by atoms with Crippen LogP contribution in [-0.2, 0) is 11.0 Å². The Morgan fingerprint density at radius 3 is 2.86 bits per heavy atom. The highest BCUT2D eigenvalue weighted by Gasteiger charge is 2.04. The molecule has 0 aliphatic rings. The molecule has 0 heterocycles. The molecule has 78 valence electrons. The molecule has 0 radical (unpaired) electrons. The summed E-state index contributed by atoms with van der Waals surface area (Å²) in [6.45, 7) is 3.77. The molecule has 0 saturated heterocycles. The van der Waals surface area contributed by atoms with Gasteiger partial charge in [-0.15, -0.1) is 0 Å². The third-order valence-electron chi connectivity index (χ3n) is 1.92. The molecule has 0 bridgehead atoms. The molecule has 14 heavy (non-hydrogen) atoms. The first-order valence-corrected chi connectivity index (χ1v) is 5.90. The maximum atomic E-state index is 11.4. The Labute approximate surface area is 86.7 Å². The van der Waals surface area contributed by atoms with Crippen molar-refractivity contribution in [2.45, 2.75) is 20.3 Å². The van der Waals surface area contributed by atoms with Gasteiger partial charge in [-0.25, -0.2) is 4.21 Å². The number of hydrogen-bond acceptors (Lipinski definition) is 2. The van der Waals surface area contributed by atoms with E-state index in [2.05, 4.69) is 4.72 Å². The minimum Gasteiger partial charge on any atom is -0.508 e. The number of aromatic hydroxyl groups is 1. The Kier molecular flexibility index (Phi) is 3.95. The Bertz CT molecular complexity index is 339. The molecule has 1 aromatic carbocycles. The van der Waals surface area contributed by atoms with Crippen molar-refractivity contribution in [3.63, 3.8) is 0 Å². The van der Waals surface area contributed by atoms with Gasteiger partial charge in [0.25, 0.3) is 0 Å². The van der Waals surface area contributed by atoms with Gasteiger partial charge >= 0.3 is 0 Å². The number of phenolic OH excluding ortho intramolecular Hbond substituents is 1. The van der Waals surface area contributed by atoms with Crippen molar-refractivity contribution < 1.29 is 9.32 Å². The smallest absolute Gasteiger partial charge is 0.120 e. The molecule has 0 aliphatic heterocycles. The summed E-state index contributed by atoms with van der Waals surface area (Å²) in [5.74, 6) is 0.846. The number of phenols is 1. The van der Waals surface area contributed by atoms with Gasteiger partial charge in [-0.2, -0.15) is 0 Å². The fourth-order valence-corrected chi connectivity index (χ4v) is 2.03. The second kappa shape index (κ2) is 5.00. The first-order valence-electron chi connectivity index (χ1n) is 4.58. The van der Waals surface area contributed by atoms with Crippen LogP contribution >= 0.6 is 0 Å². The minimum absolute atomic E-state index is 0.225. The van der Waals surface area contributed by atoms with Gasteiger partial charge in [0.05, 0.1) is 5.69 Å². The third-order valence-corrected chi connectivity index (χ3v) is 3.15. The molecule has 3 nitrogen and oxygen atoms in total. The summed E-state index contributed by atoms with van der Waals surface area (Å²) in [6.07, 6.45) is 0.872. The first-order chi connectivity index (χ1) is 6.65. The summed E-state index contributed by atoms with van der Waals surface area (Å²) < 4.78 is 14.3.